The number of unbranched alkanes of at least 4 members (excludes halogenated alkanes) is 3. The molecule has 5 nitrogen and oxygen atoms in total. The fourth-order valence-electron chi connectivity index (χ4n) is 3.92. The first-order valence-corrected chi connectivity index (χ1v) is 12.2. The first-order chi connectivity index (χ1) is 15.7. The molecule has 2 N–H and O–H groups in total. The van der Waals surface area contributed by atoms with Gasteiger partial charge >= 0.3 is 0 Å². The van der Waals surface area contributed by atoms with Crippen LogP contribution in [0.4, 0.5) is 15.8 Å². The number of nitrogens with zero attached hydrogens (tertiary/aromatic N) is 3. The van der Waals surface area contributed by atoms with E-state index < -0.39 is 0 Å². The van der Waals surface area contributed by atoms with Gasteiger partial charge in [-0.15, -0.1) is 11.3 Å². The molecule has 32 heavy (non-hydrogen) atoms. The normalized spacial score (nSPS) is 14.8. The molecular weight excluding hydrogens is 423 g/mol. The number of ether oxygens (including phenoxy) is 1. The number of benzene rings is 2. The second kappa shape index (κ2) is 11.4. The number of hydrogen-bond donors (Lipinski definition) is 1. The zero-order valence-corrected chi connectivity index (χ0v) is 19.2. The number of hydrogen-bond acceptors (Lipinski definition) is 5. The van der Waals surface area contributed by atoms with Crippen LogP contribution in [0.25, 0.3) is 11.3 Å². The third kappa shape index (κ3) is 5.85. The Morgan fingerprint density at radius 3 is 2.38 bits per heavy atom. The van der Waals surface area contributed by atoms with Crippen molar-refractivity contribution in [3.8, 4) is 11.3 Å². The Bertz CT molecular complexity index is 1040. The first-order valence-electron chi connectivity index (χ1n) is 11.4. The minimum Gasteiger partial charge on any atom is -0.378 e. The zero-order valence-electron chi connectivity index (χ0n) is 18.4. The molecule has 0 bridgehead atoms. The van der Waals surface area contributed by atoms with E-state index in [9.17, 15) is 4.39 Å². The molecule has 0 amide bonds. The lowest BCUT2D eigenvalue weighted by molar-refractivity contribution is 0.122. The van der Waals surface area contributed by atoms with Crippen LogP contribution >= 0.6 is 11.3 Å². The molecule has 4 rings (SSSR count). The summed E-state index contributed by atoms with van der Waals surface area (Å²) in [7, 11) is 0. The minimum atomic E-state index is -0.246. The molecular formula is C25H31FN4OS. The molecule has 1 aromatic heterocycles. The van der Waals surface area contributed by atoms with Gasteiger partial charge in [-0.25, -0.2) is 9.38 Å². The first kappa shape index (κ1) is 22.7. The van der Waals surface area contributed by atoms with E-state index in [-0.39, 0.29) is 5.82 Å². The van der Waals surface area contributed by atoms with Crippen molar-refractivity contribution in [3.05, 3.63) is 64.5 Å². The second-order valence-corrected chi connectivity index (χ2v) is 8.83. The predicted molar refractivity (Wildman–Crippen MR) is 130 cm³/mol. The van der Waals surface area contributed by atoms with Crippen molar-refractivity contribution < 1.29 is 9.13 Å². The minimum absolute atomic E-state index is 0.246. The Morgan fingerprint density at radius 1 is 0.938 bits per heavy atom. The highest BCUT2D eigenvalue weighted by atomic mass is 32.1. The average molecular weight is 455 g/mol. The van der Waals surface area contributed by atoms with E-state index in [4.69, 9.17) is 15.5 Å². The topological polar surface area (TPSA) is 55.8 Å². The van der Waals surface area contributed by atoms with Crippen molar-refractivity contribution in [2.24, 2.45) is 10.7 Å². The number of nitrogens with two attached hydrogens (primary N) is 1. The van der Waals surface area contributed by atoms with E-state index in [0.717, 1.165) is 75.6 Å². The molecule has 1 fully saturated rings. The fourth-order valence-corrected chi connectivity index (χ4v) is 4.88. The van der Waals surface area contributed by atoms with E-state index in [1.807, 2.05) is 0 Å². The number of thiazole rings is 1. The number of morpholine rings is 1. The van der Waals surface area contributed by atoms with E-state index in [1.165, 1.54) is 29.1 Å². The van der Waals surface area contributed by atoms with Gasteiger partial charge in [0, 0.05) is 30.7 Å². The molecule has 1 aliphatic heterocycles. The van der Waals surface area contributed by atoms with Gasteiger partial charge < -0.3 is 19.9 Å². The third-order valence-corrected chi connectivity index (χ3v) is 6.59. The van der Waals surface area contributed by atoms with Gasteiger partial charge in [-0.05, 0) is 61.3 Å². The summed E-state index contributed by atoms with van der Waals surface area (Å²) in [6.45, 7) is 5.07. The van der Waals surface area contributed by atoms with Crippen LogP contribution in [-0.4, -0.2) is 37.4 Å². The third-order valence-electron chi connectivity index (χ3n) is 5.72. The zero-order chi connectivity index (χ0) is 22.2. The summed E-state index contributed by atoms with van der Waals surface area (Å²) in [4.78, 5) is 8.10. The molecule has 0 atom stereocenters. The standard InChI is InChI=1S/C25H31FN4OS/c26-21-7-9-22(10-8-21)28-25-30(14-4-2-1-3-13-27)24(19-32-25)20-5-11-23(12-6-20)29-15-17-31-18-16-29/h5-12,19H,1-4,13-18,27H2. The van der Waals surface area contributed by atoms with Gasteiger partial charge in [-0.2, -0.15) is 0 Å². The van der Waals surface area contributed by atoms with E-state index in [0.29, 0.717) is 0 Å². The van der Waals surface area contributed by atoms with Crippen LogP contribution in [0.1, 0.15) is 25.7 Å². The van der Waals surface area contributed by atoms with Gasteiger partial charge in [0.05, 0.1) is 24.6 Å². The van der Waals surface area contributed by atoms with Gasteiger partial charge in [0.2, 0.25) is 0 Å². The van der Waals surface area contributed by atoms with Crippen molar-refractivity contribution in [3.63, 3.8) is 0 Å². The Hall–Kier alpha value is -2.48. The molecule has 3 aromatic rings. The summed E-state index contributed by atoms with van der Waals surface area (Å²) in [6.07, 6.45) is 4.43. The molecule has 0 aliphatic carbocycles. The fraction of sp³-hybridized carbons (Fsp3) is 0.400. The molecule has 7 heteroatoms. The van der Waals surface area contributed by atoms with Gasteiger partial charge in [0.1, 0.15) is 5.82 Å². The second-order valence-electron chi connectivity index (χ2n) is 7.99. The van der Waals surface area contributed by atoms with Crippen LogP contribution in [-0.2, 0) is 11.3 Å². The molecule has 0 saturated carbocycles. The summed E-state index contributed by atoms with van der Waals surface area (Å²) >= 11 is 1.63. The molecule has 2 aromatic carbocycles. The van der Waals surface area contributed by atoms with Crippen LogP contribution in [0.15, 0.2) is 58.9 Å². The molecule has 1 saturated heterocycles. The van der Waals surface area contributed by atoms with Crippen LogP contribution in [0, 0.1) is 5.82 Å². The SMILES string of the molecule is NCCCCCCn1c(-c2ccc(N3CCOCC3)cc2)csc1=Nc1ccc(F)cc1. The van der Waals surface area contributed by atoms with Crippen molar-refractivity contribution in [2.45, 2.75) is 32.2 Å². The Kier molecular flexibility index (Phi) is 8.09. The van der Waals surface area contributed by atoms with Crippen LogP contribution in [0.3, 0.4) is 0 Å². The van der Waals surface area contributed by atoms with Gasteiger partial charge in [0.25, 0.3) is 0 Å². The highest BCUT2D eigenvalue weighted by Gasteiger charge is 2.13. The summed E-state index contributed by atoms with van der Waals surface area (Å²) in [6, 6.07) is 15.1. The van der Waals surface area contributed by atoms with E-state index in [1.54, 1.807) is 23.5 Å². The van der Waals surface area contributed by atoms with Crippen LogP contribution in [0.5, 0.6) is 0 Å². The van der Waals surface area contributed by atoms with Gasteiger partial charge in [-0.1, -0.05) is 25.0 Å². The summed E-state index contributed by atoms with van der Waals surface area (Å²) in [5.74, 6) is -0.246. The van der Waals surface area contributed by atoms with Gasteiger partial charge in [0.15, 0.2) is 4.80 Å². The molecule has 0 spiro atoms. The van der Waals surface area contributed by atoms with Crippen molar-refractivity contribution in [2.75, 3.05) is 37.7 Å². The van der Waals surface area contributed by atoms with Crippen LogP contribution < -0.4 is 15.4 Å². The summed E-state index contributed by atoms with van der Waals surface area (Å²) < 4.78 is 21.1. The largest absolute Gasteiger partial charge is 0.378 e. The monoisotopic (exact) mass is 454 g/mol. The van der Waals surface area contributed by atoms with Crippen molar-refractivity contribution >= 4 is 22.7 Å². The summed E-state index contributed by atoms with van der Waals surface area (Å²) in [5.41, 5.74) is 9.98. The molecule has 0 radical (unpaired) electrons. The molecule has 1 aliphatic rings. The Morgan fingerprint density at radius 2 is 1.66 bits per heavy atom. The lowest BCUT2D eigenvalue weighted by Crippen LogP contribution is -2.36. The van der Waals surface area contributed by atoms with Crippen LogP contribution in [0.2, 0.25) is 0 Å². The smallest absolute Gasteiger partial charge is 0.190 e. The Balaban J connectivity index is 1.60. The maximum Gasteiger partial charge on any atom is 0.190 e. The van der Waals surface area contributed by atoms with Crippen molar-refractivity contribution in [1.82, 2.24) is 4.57 Å². The number of halogens is 1. The number of anilines is 1. The highest BCUT2D eigenvalue weighted by Crippen LogP contribution is 2.25. The summed E-state index contributed by atoms with van der Waals surface area (Å²) in [5, 5.41) is 2.17. The predicted octanol–water partition coefficient (Wildman–Crippen LogP) is 4.94. The Labute approximate surface area is 193 Å². The van der Waals surface area contributed by atoms with E-state index in [2.05, 4.69) is 39.1 Å². The lowest BCUT2D eigenvalue weighted by atomic mass is 10.1. The van der Waals surface area contributed by atoms with Crippen molar-refractivity contribution in [1.29, 1.82) is 0 Å². The maximum atomic E-state index is 13.3. The quantitative estimate of drug-likeness (QED) is 0.466. The lowest BCUT2D eigenvalue weighted by Gasteiger charge is -2.28. The number of aromatic nitrogens is 1. The highest BCUT2D eigenvalue weighted by molar-refractivity contribution is 7.07. The molecule has 2 heterocycles. The molecule has 0 unspecified atom stereocenters. The molecule has 170 valence electrons. The average Bonchev–Trinajstić information content (AvgIpc) is 3.23. The van der Waals surface area contributed by atoms with Gasteiger partial charge in [-0.3, -0.25) is 0 Å². The number of rotatable bonds is 9. The van der Waals surface area contributed by atoms with E-state index >= 15 is 0 Å². The maximum absolute atomic E-state index is 13.3.